The molecule has 0 bridgehead atoms. The SMILES string of the molecule is COC(=O)CCCNCc1c(C)oc2ccccc12. The van der Waals surface area contributed by atoms with E-state index in [2.05, 4.69) is 16.1 Å². The third-order valence-corrected chi connectivity index (χ3v) is 3.16. The fraction of sp³-hybridized carbons (Fsp3) is 0.400. The molecule has 0 aliphatic carbocycles. The van der Waals surface area contributed by atoms with Gasteiger partial charge in [0.15, 0.2) is 0 Å². The van der Waals surface area contributed by atoms with Crippen LogP contribution in [0.3, 0.4) is 0 Å². The second kappa shape index (κ2) is 6.38. The molecule has 19 heavy (non-hydrogen) atoms. The molecule has 0 saturated carbocycles. The van der Waals surface area contributed by atoms with Gasteiger partial charge in [0.2, 0.25) is 0 Å². The van der Waals surface area contributed by atoms with Crippen LogP contribution in [-0.2, 0) is 16.1 Å². The standard InChI is InChI=1S/C15H19NO3/c1-11-13(10-16-9-5-8-15(17)18-2)12-6-3-4-7-14(12)19-11/h3-4,6-7,16H,5,8-10H2,1-2H3. The van der Waals surface area contributed by atoms with Gasteiger partial charge in [-0.3, -0.25) is 4.79 Å². The lowest BCUT2D eigenvalue weighted by atomic mass is 10.1. The van der Waals surface area contributed by atoms with E-state index in [-0.39, 0.29) is 5.97 Å². The Morgan fingerprint density at radius 3 is 2.95 bits per heavy atom. The van der Waals surface area contributed by atoms with Crippen LogP contribution in [0.5, 0.6) is 0 Å². The van der Waals surface area contributed by atoms with Crippen LogP contribution in [0.15, 0.2) is 28.7 Å². The summed E-state index contributed by atoms with van der Waals surface area (Å²) >= 11 is 0. The number of furan rings is 1. The Hall–Kier alpha value is -1.81. The number of fused-ring (bicyclic) bond motifs is 1. The van der Waals surface area contributed by atoms with Gasteiger partial charge >= 0.3 is 5.97 Å². The maximum absolute atomic E-state index is 11.0. The predicted molar refractivity (Wildman–Crippen MR) is 73.9 cm³/mol. The number of para-hydroxylation sites is 1. The minimum atomic E-state index is -0.160. The van der Waals surface area contributed by atoms with Crippen molar-refractivity contribution in [1.82, 2.24) is 5.32 Å². The molecule has 0 radical (unpaired) electrons. The van der Waals surface area contributed by atoms with Crippen LogP contribution in [-0.4, -0.2) is 19.6 Å². The van der Waals surface area contributed by atoms with E-state index >= 15 is 0 Å². The van der Waals surface area contributed by atoms with Gasteiger partial charge < -0.3 is 14.5 Å². The fourth-order valence-electron chi connectivity index (χ4n) is 2.11. The van der Waals surface area contributed by atoms with Gasteiger partial charge in [0.05, 0.1) is 7.11 Å². The van der Waals surface area contributed by atoms with Gasteiger partial charge in [-0.25, -0.2) is 0 Å². The molecule has 4 heteroatoms. The molecule has 0 atom stereocenters. The van der Waals surface area contributed by atoms with Gasteiger partial charge in [-0.15, -0.1) is 0 Å². The normalized spacial score (nSPS) is 10.8. The first-order chi connectivity index (χ1) is 9.22. The van der Waals surface area contributed by atoms with Crippen LogP contribution >= 0.6 is 0 Å². The van der Waals surface area contributed by atoms with E-state index in [0.29, 0.717) is 6.42 Å². The Morgan fingerprint density at radius 1 is 1.37 bits per heavy atom. The largest absolute Gasteiger partial charge is 0.469 e. The summed E-state index contributed by atoms with van der Waals surface area (Å²) < 4.78 is 10.3. The van der Waals surface area contributed by atoms with Crippen LogP contribution in [0.2, 0.25) is 0 Å². The monoisotopic (exact) mass is 261 g/mol. The summed E-state index contributed by atoms with van der Waals surface area (Å²) in [6.45, 7) is 3.52. The van der Waals surface area contributed by atoms with Crippen LogP contribution in [0.4, 0.5) is 0 Å². The number of benzene rings is 1. The molecule has 4 nitrogen and oxygen atoms in total. The number of hydrogen-bond acceptors (Lipinski definition) is 4. The van der Waals surface area contributed by atoms with Crippen molar-refractivity contribution in [2.24, 2.45) is 0 Å². The number of esters is 1. The molecule has 0 unspecified atom stereocenters. The van der Waals surface area contributed by atoms with Crippen molar-refractivity contribution in [2.75, 3.05) is 13.7 Å². The van der Waals surface area contributed by atoms with E-state index in [4.69, 9.17) is 4.42 Å². The van der Waals surface area contributed by atoms with Crippen molar-refractivity contribution in [1.29, 1.82) is 0 Å². The Bertz CT molecular complexity index is 560. The van der Waals surface area contributed by atoms with Crippen LogP contribution in [0.25, 0.3) is 11.0 Å². The highest BCUT2D eigenvalue weighted by Crippen LogP contribution is 2.24. The average Bonchev–Trinajstić information content (AvgIpc) is 2.74. The van der Waals surface area contributed by atoms with Crippen molar-refractivity contribution < 1.29 is 13.9 Å². The van der Waals surface area contributed by atoms with Crippen LogP contribution in [0.1, 0.15) is 24.2 Å². The third kappa shape index (κ3) is 3.35. The molecular formula is C15H19NO3. The topological polar surface area (TPSA) is 51.5 Å². The zero-order valence-electron chi connectivity index (χ0n) is 11.4. The molecule has 0 aliphatic rings. The Balaban J connectivity index is 1.88. The van der Waals surface area contributed by atoms with Crippen molar-refractivity contribution in [3.8, 4) is 0 Å². The minimum absolute atomic E-state index is 0.160. The number of rotatable bonds is 6. The zero-order valence-corrected chi connectivity index (χ0v) is 11.4. The van der Waals surface area contributed by atoms with Gasteiger partial charge in [-0.05, 0) is 26.0 Å². The molecule has 0 aliphatic heterocycles. The number of carbonyl (C=O) groups excluding carboxylic acids is 1. The van der Waals surface area contributed by atoms with Gasteiger partial charge in [-0.1, -0.05) is 18.2 Å². The second-order valence-corrected chi connectivity index (χ2v) is 4.49. The first-order valence-corrected chi connectivity index (χ1v) is 6.47. The molecule has 2 rings (SSSR count). The van der Waals surface area contributed by atoms with Gasteiger partial charge in [0.1, 0.15) is 11.3 Å². The maximum Gasteiger partial charge on any atom is 0.305 e. The smallest absolute Gasteiger partial charge is 0.305 e. The van der Waals surface area contributed by atoms with Crippen molar-refractivity contribution in [2.45, 2.75) is 26.3 Å². The van der Waals surface area contributed by atoms with Gasteiger partial charge in [0.25, 0.3) is 0 Å². The Kier molecular flexibility index (Phi) is 4.58. The lowest BCUT2D eigenvalue weighted by molar-refractivity contribution is -0.140. The van der Waals surface area contributed by atoms with Crippen molar-refractivity contribution >= 4 is 16.9 Å². The number of hydrogen-bond donors (Lipinski definition) is 1. The molecule has 1 aromatic heterocycles. The molecule has 1 heterocycles. The molecular weight excluding hydrogens is 242 g/mol. The van der Waals surface area contributed by atoms with Gasteiger partial charge in [-0.2, -0.15) is 0 Å². The Morgan fingerprint density at radius 2 is 2.16 bits per heavy atom. The van der Waals surface area contributed by atoms with E-state index < -0.39 is 0 Å². The van der Waals surface area contributed by atoms with E-state index in [1.807, 2.05) is 25.1 Å². The number of aryl methyl sites for hydroxylation is 1. The summed E-state index contributed by atoms with van der Waals surface area (Å²) in [6.07, 6.45) is 1.23. The second-order valence-electron chi connectivity index (χ2n) is 4.49. The maximum atomic E-state index is 11.0. The molecule has 0 amide bonds. The first-order valence-electron chi connectivity index (χ1n) is 6.47. The van der Waals surface area contributed by atoms with E-state index in [9.17, 15) is 4.79 Å². The summed E-state index contributed by atoms with van der Waals surface area (Å²) in [5.74, 6) is 0.786. The minimum Gasteiger partial charge on any atom is -0.469 e. The van der Waals surface area contributed by atoms with E-state index in [1.54, 1.807) is 0 Å². The molecule has 0 fully saturated rings. The first kappa shape index (κ1) is 13.6. The predicted octanol–water partition coefficient (Wildman–Crippen LogP) is 2.78. The summed E-state index contributed by atoms with van der Waals surface area (Å²) in [5.41, 5.74) is 2.11. The summed E-state index contributed by atoms with van der Waals surface area (Å²) in [6, 6.07) is 8.03. The highest BCUT2D eigenvalue weighted by Gasteiger charge is 2.09. The van der Waals surface area contributed by atoms with Crippen molar-refractivity contribution in [3.05, 3.63) is 35.6 Å². The number of carbonyl (C=O) groups is 1. The molecule has 0 saturated heterocycles. The number of ether oxygens (including phenoxy) is 1. The number of nitrogens with one attached hydrogen (secondary N) is 1. The van der Waals surface area contributed by atoms with E-state index in [1.165, 1.54) is 12.7 Å². The fourth-order valence-corrected chi connectivity index (χ4v) is 2.11. The highest BCUT2D eigenvalue weighted by atomic mass is 16.5. The van der Waals surface area contributed by atoms with Crippen molar-refractivity contribution in [3.63, 3.8) is 0 Å². The summed E-state index contributed by atoms with van der Waals surface area (Å²) in [5, 5.41) is 4.49. The summed E-state index contributed by atoms with van der Waals surface area (Å²) in [4.78, 5) is 11.0. The highest BCUT2D eigenvalue weighted by molar-refractivity contribution is 5.82. The summed E-state index contributed by atoms with van der Waals surface area (Å²) in [7, 11) is 1.41. The molecule has 2 aromatic rings. The van der Waals surface area contributed by atoms with E-state index in [0.717, 1.165) is 36.2 Å². The third-order valence-electron chi connectivity index (χ3n) is 3.16. The lowest BCUT2D eigenvalue weighted by Crippen LogP contribution is -2.16. The molecule has 0 spiro atoms. The average molecular weight is 261 g/mol. The van der Waals surface area contributed by atoms with Crippen LogP contribution < -0.4 is 5.32 Å². The zero-order chi connectivity index (χ0) is 13.7. The molecule has 1 N–H and O–H groups in total. The van der Waals surface area contributed by atoms with Crippen LogP contribution in [0, 0.1) is 6.92 Å². The molecule has 1 aromatic carbocycles. The molecule has 102 valence electrons. The number of methoxy groups -OCH3 is 1. The lowest BCUT2D eigenvalue weighted by Gasteiger charge is -2.04. The van der Waals surface area contributed by atoms with Gasteiger partial charge in [0, 0.05) is 23.9 Å². The Labute approximate surface area is 112 Å². The quantitative estimate of drug-likeness (QED) is 0.641.